The summed E-state index contributed by atoms with van der Waals surface area (Å²) in [5, 5.41) is 0. The highest BCUT2D eigenvalue weighted by molar-refractivity contribution is 7.19. The van der Waals surface area contributed by atoms with Crippen molar-refractivity contribution < 1.29 is 0 Å². The predicted molar refractivity (Wildman–Crippen MR) is 74.8 cm³/mol. The van der Waals surface area contributed by atoms with Crippen LogP contribution in [0.4, 0.5) is 0 Å². The molecule has 86 valence electrons. The fourth-order valence-electron chi connectivity index (χ4n) is 2.16. The first-order valence-electron chi connectivity index (χ1n) is 6.08. The normalized spacial score (nSPS) is 13.3. The monoisotopic (exact) mass is 250 g/mol. The summed E-state index contributed by atoms with van der Waals surface area (Å²) in [5.41, 5.74) is 0. The van der Waals surface area contributed by atoms with E-state index in [2.05, 4.69) is 33.9 Å². The molecule has 3 heteroatoms. The molecule has 0 aromatic rings. The van der Waals surface area contributed by atoms with Gasteiger partial charge in [0.25, 0.3) is 0 Å². The van der Waals surface area contributed by atoms with Crippen molar-refractivity contribution in [3.8, 4) is 0 Å². The summed E-state index contributed by atoms with van der Waals surface area (Å²) in [4.78, 5) is 0. The SMILES string of the molecule is CC[Si](CC)(CC)CCC[Si](C)(C)Cl. The Labute approximate surface area is 97.2 Å². The molecule has 0 bridgehead atoms. The van der Waals surface area contributed by atoms with Crippen LogP contribution in [0.5, 0.6) is 0 Å². The van der Waals surface area contributed by atoms with Crippen molar-refractivity contribution in [1.29, 1.82) is 0 Å². The molecule has 0 amide bonds. The van der Waals surface area contributed by atoms with Crippen LogP contribution in [0.15, 0.2) is 0 Å². The first-order valence-corrected chi connectivity index (χ1v) is 13.1. The maximum Gasteiger partial charge on any atom is 0.150 e. The molecule has 0 unspecified atom stereocenters. The molecule has 14 heavy (non-hydrogen) atoms. The Hall–Kier alpha value is 0.724. The van der Waals surface area contributed by atoms with Gasteiger partial charge in [-0.05, 0) is 6.04 Å². The van der Waals surface area contributed by atoms with Crippen LogP contribution < -0.4 is 0 Å². The summed E-state index contributed by atoms with van der Waals surface area (Å²) < 4.78 is 0. The number of hydrogen-bond donors (Lipinski definition) is 0. The van der Waals surface area contributed by atoms with Gasteiger partial charge in [-0.3, -0.25) is 0 Å². The Morgan fingerprint density at radius 3 is 1.57 bits per heavy atom. The molecular weight excluding hydrogens is 224 g/mol. The van der Waals surface area contributed by atoms with Crippen molar-refractivity contribution in [2.75, 3.05) is 0 Å². The van der Waals surface area contributed by atoms with E-state index in [1.165, 1.54) is 36.6 Å². The van der Waals surface area contributed by atoms with Crippen LogP contribution >= 0.6 is 11.1 Å². The largest absolute Gasteiger partial charge is 0.168 e. The van der Waals surface area contributed by atoms with Gasteiger partial charge in [0.1, 0.15) is 7.38 Å². The average molecular weight is 251 g/mol. The predicted octanol–water partition coefficient (Wildman–Crippen LogP) is 5.33. The van der Waals surface area contributed by atoms with E-state index in [0.29, 0.717) is 0 Å². The van der Waals surface area contributed by atoms with E-state index in [0.717, 1.165) is 0 Å². The lowest BCUT2D eigenvalue weighted by Crippen LogP contribution is -2.31. The minimum absolute atomic E-state index is 0.854. The molecule has 0 heterocycles. The lowest BCUT2D eigenvalue weighted by Gasteiger charge is -2.28. The molecule has 0 aliphatic rings. The van der Waals surface area contributed by atoms with E-state index >= 15 is 0 Å². The topological polar surface area (TPSA) is 0 Å². The average Bonchev–Trinajstić information content (AvgIpc) is 2.11. The molecule has 0 aliphatic carbocycles. The second kappa shape index (κ2) is 6.34. The summed E-state index contributed by atoms with van der Waals surface area (Å²) in [5.74, 6) is 0. The Kier molecular flexibility index (Phi) is 6.67. The van der Waals surface area contributed by atoms with Gasteiger partial charge < -0.3 is 0 Å². The molecule has 0 aromatic heterocycles. The molecule has 0 aromatic carbocycles. The third-order valence-corrected chi connectivity index (χ3v) is 11.8. The summed E-state index contributed by atoms with van der Waals surface area (Å²) in [6.45, 7) is 11.7. The molecule has 0 fully saturated rings. The van der Waals surface area contributed by atoms with Crippen molar-refractivity contribution in [2.45, 2.75) is 70.5 Å². The summed E-state index contributed by atoms with van der Waals surface area (Å²) in [6.07, 6.45) is 1.39. The highest BCUT2D eigenvalue weighted by Gasteiger charge is 2.27. The molecule has 0 N–H and O–H groups in total. The minimum Gasteiger partial charge on any atom is -0.168 e. The zero-order valence-electron chi connectivity index (χ0n) is 10.6. The maximum absolute atomic E-state index is 6.35. The zero-order chi connectivity index (χ0) is 11.2. The van der Waals surface area contributed by atoms with Gasteiger partial charge in [-0.1, -0.05) is 64.5 Å². The summed E-state index contributed by atoms with van der Waals surface area (Å²) >= 11 is 6.35. The van der Waals surface area contributed by atoms with E-state index in [-0.39, 0.29) is 0 Å². The first kappa shape index (κ1) is 14.7. The molecule has 0 radical (unpaired) electrons. The van der Waals surface area contributed by atoms with Crippen LogP contribution in [0.3, 0.4) is 0 Å². The Bertz CT molecular complexity index is 140. The molecule has 0 aliphatic heterocycles. The van der Waals surface area contributed by atoms with Gasteiger partial charge in [-0.25, -0.2) is 0 Å². The molecule has 0 saturated carbocycles. The summed E-state index contributed by atoms with van der Waals surface area (Å²) in [6, 6.07) is 7.21. The highest BCUT2D eigenvalue weighted by atomic mass is 35.6. The van der Waals surface area contributed by atoms with Crippen molar-refractivity contribution in [2.24, 2.45) is 0 Å². The molecule has 0 spiro atoms. The van der Waals surface area contributed by atoms with Gasteiger partial charge in [0.05, 0.1) is 8.07 Å². The fourth-order valence-corrected chi connectivity index (χ4v) is 7.42. The highest BCUT2D eigenvalue weighted by Crippen LogP contribution is 2.29. The molecule has 0 rings (SSSR count). The molecule has 0 saturated heterocycles. The van der Waals surface area contributed by atoms with Crippen LogP contribution in [0.1, 0.15) is 27.2 Å². The lowest BCUT2D eigenvalue weighted by molar-refractivity contribution is 0.975. The summed E-state index contributed by atoms with van der Waals surface area (Å²) in [7, 11) is -2.15. The first-order chi connectivity index (χ1) is 6.39. The van der Waals surface area contributed by atoms with Crippen LogP contribution in [0.25, 0.3) is 0 Å². The smallest absolute Gasteiger partial charge is 0.150 e. The van der Waals surface area contributed by atoms with Crippen molar-refractivity contribution in [3.05, 3.63) is 0 Å². The van der Waals surface area contributed by atoms with Gasteiger partial charge in [-0.2, -0.15) is 11.1 Å². The zero-order valence-corrected chi connectivity index (χ0v) is 13.4. The minimum atomic E-state index is -1.30. The molecular formula is C11H27ClSi2. The van der Waals surface area contributed by atoms with E-state index in [1.807, 2.05) is 0 Å². The van der Waals surface area contributed by atoms with Crippen LogP contribution in [0, 0.1) is 0 Å². The second-order valence-electron chi connectivity index (χ2n) is 5.13. The van der Waals surface area contributed by atoms with Crippen molar-refractivity contribution in [1.82, 2.24) is 0 Å². The fraction of sp³-hybridized carbons (Fsp3) is 1.00. The quantitative estimate of drug-likeness (QED) is 0.423. The van der Waals surface area contributed by atoms with E-state index in [1.54, 1.807) is 0 Å². The van der Waals surface area contributed by atoms with Gasteiger partial charge >= 0.3 is 0 Å². The van der Waals surface area contributed by atoms with E-state index in [4.69, 9.17) is 11.1 Å². The second-order valence-corrected chi connectivity index (χ2v) is 17.8. The number of halogens is 1. The van der Waals surface area contributed by atoms with Crippen molar-refractivity contribution in [3.63, 3.8) is 0 Å². The standard InChI is InChI=1S/C11H27ClSi2/c1-6-14(7-2,8-3)11-9-10-13(4,5)12/h6-11H2,1-5H3. The van der Waals surface area contributed by atoms with E-state index in [9.17, 15) is 0 Å². The number of hydrogen-bond acceptors (Lipinski definition) is 0. The van der Waals surface area contributed by atoms with Gasteiger partial charge in [0, 0.05) is 0 Å². The Balaban J connectivity index is 3.95. The van der Waals surface area contributed by atoms with E-state index < -0.39 is 15.5 Å². The number of rotatable bonds is 7. The maximum atomic E-state index is 6.35. The Morgan fingerprint density at radius 2 is 1.29 bits per heavy atom. The third kappa shape index (κ3) is 5.57. The lowest BCUT2D eigenvalue weighted by atomic mass is 10.6. The van der Waals surface area contributed by atoms with Crippen molar-refractivity contribution >= 4 is 26.5 Å². The van der Waals surface area contributed by atoms with Gasteiger partial charge in [0.2, 0.25) is 0 Å². The van der Waals surface area contributed by atoms with Crippen LogP contribution in [-0.4, -0.2) is 15.5 Å². The third-order valence-electron chi connectivity index (χ3n) is 3.73. The molecule has 0 nitrogen and oxygen atoms in total. The Morgan fingerprint density at radius 1 is 0.857 bits per heavy atom. The molecule has 0 atom stereocenters. The van der Waals surface area contributed by atoms with Crippen LogP contribution in [0.2, 0.25) is 43.3 Å². The van der Waals surface area contributed by atoms with Gasteiger partial charge in [-0.15, -0.1) is 0 Å². The van der Waals surface area contributed by atoms with Gasteiger partial charge in [0.15, 0.2) is 0 Å². The van der Waals surface area contributed by atoms with Crippen LogP contribution in [-0.2, 0) is 0 Å².